The largest absolute Gasteiger partial charge is 0.573 e. The maximum Gasteiger partial charge on any atom is 0.573 e. The summed E-state index contributed by atoms with van der Waals surface area (Å²) in [5.41, 5.74) is 2.79. The lowest BCUT2D eigenvalue weighted by atomic mass is 10.1. The third kappa shape index (κ3) is 3.91. The summed E-state index contributed by atoms with van der Waals surface area (Å²) in [7, 11) is 0. The average Bonchev–Trinajstić information content (AvgIpc) is 2.40. The number of halogens is 3. The number of hydrogen-bond acceptors (Lipinski definition) is 2. The summed E-state index contributed by atoms with van der Waals surface area (Å²) in [6.45, 7) is 2.04. The predicted molar refractivity (Wildman–Crippen MR) is 72.2 cm³/mol. The summed E-state index contributed by atoms with van der Waals surface area (Å²) < 4.78 is 40.0. The van der Waals surface area contributed by atoms with E-state index in [1.807, 2.05) is 31.2 Å². The molecule has 2 aromatic carbocycles. The molecular formula is C15H14F3NO. The predicted octanol–water partition coefficient (Wildman–Crippen LogP) is 4.89. The van der Waals surface area contributed by atoms with Crippen LogP contribution in [0, 0.1) is 0 Å². The van der Waals surface area contributed by atoms with Gasteiger partial charge in [-0.15, -0.1) is 13.2 Å². The number of anilines is 2. The molecule has 106 valence electrons. The number of ether oxygens (including phenoxy) is 1. The second kappa shape index (κ2) is 5.86. The Morgan fingerprint density at radius 2 is 1.65 bits per heavy atom. The van der Waals surface area contributed by atoms with Crippen LogP contribution in [-0.4, -0.2) is 6.36 Å². The molecule has 0 spiro atoms. The van der Waals surface area contributed by atoms with Gasteiger partial charge >= 0.3 is 6.36 Å². The van der Waals surface area contributed by atoms with Crippen molar-refractivity contribution in [3.63, 3.8) is 0 Å². The second-order valence-electron chi connectivity index (χ2n) is 4.21. The highest BCUT2D eigenvalue weighted by Crippen LogP contribution is 2.26. The summed E-state index contributed by atoms with van der Waals surface area (Å²) in [5.74, 6) is -0.230. The Kier molecular flexibility index (Phi) is 4.17. The third-order valence-corrected chi connectivity index (χ3v) is 2.77. The van der Waals surface area contributed by atoms with Gasteiger partial charge in [0.15, 0.2) is 0 Å². The number of hydrogen-bond donors (Lipinski definition) is 1. The van der Waals surface area contributed by atoms with Gasteiger partial charge in [-0.05, 0) is 42.3 Å². The van der Waals surface area contributed by atoms with Gasteiger partial charge in [0.1, 0.15) is 5.75 Å². The van der Waals surface area contributed by atoms with E-state index in [2.05, 4.69) is 10.1 Å². The third-order valence-electron chi connectivity index (χ3n) is 2.77. The topological polar surface area (TPSA) is 21.3 Å². The molecule has 0 aromatic heterocycles. The molecule has 0 aliphatic carbocycles. The number of para-hydroxylation sites is 1. The first-order valence-corrected chi connectivity index (χ1v) is 6.18. The lowest BCUT2D eigenvalue weighted by molar-refractivity contribution is -0.274. The van der Waals surface area contributed by atoms with Crippen LogP contribution in [0.3, 0.4) is 0 Å². The van der Waals surface area contributed by atoms with Crippen LogP contribution >= 0.6 is 0 Å². The Hall–Kier alpha value is -2.17. The number of aryl methyl sites for hydroxylation is 1. The number of rotatable bonds is 4. The van der Waals surface area contributed by atoms with Crippen LogP contribution in [0.25, 0.3) is 0 Å². The normalized spacial score (nSPS) is 11.2. The molecule has 2 aromatic rings. The zero-order chi connectivity index (χ0) is 14.6. The van der Waals surface area contributed by atoms with Crippen molar-refractivity contribution in [3.05, 3.63) is 54.1 Å². The lowest BCUT2D eigenvalue weighted by Crippen LogP contribution is -2.16. The Morgan fingerprint density at radius 3 is 2.25 bits per heavy atom. The fourth-order valence-electron chi connectivity index (χ4n) is 1.85. The molecule has 0 saturated heterocycles. The van der Waals surface area contributed by atoms with Crippen molar-refractivity contribution >= 4 is 11.4 Å². The second-order valence-corrected chi connectivity index (χ2v) is 4.21. The van der Waals surface area contributed by atoms with Gasteiger partial charge in [-0.3, -0.25) is 0 Å². The quantitative estimate of drug-likeness (QED) is 0.861. The Morgan fingerprint density at radius 1 is 1.00 bits per heavy atom. The van der Waals surface area contributed by atoms with Gasteiger partial charge in [0.05, 0.1) is 0 Å². The van der Waals surface area contributed by atoms with Crippen molar-refractivity contribution in [2.24, 2.45) is 0 Å². The van der Waals surface area contributed by atoms with Crippen LogP contribution in [0.5, 0.6) is 5.75 Å². The SMILES string of the molecule is CCc1ccccc1Nc1ccc(OC(F)(F)F)cc1. The molecule has 0 bridgehead atoms. The summed E-state index contributed by atoms with van der Waals surface area (Å²) in [6.07, 6.45) is -3.79. The van der Waals surface area contributed by atoms with Crippen molar-refractivity contribution in [1.82, 2.24) is 0 Å². The molecule has 20 heavy (non-hydrogen) atoms. The van der Waals surface area contributed by atoms with Gasteiger partial charge in [-0.2, -0.15) is 0 Å². The molecule has 0 fully saturated rings. The minimum Gasteiger partial charge on any atom is -0.406 e. The minimum absolute atomic E-state index is 0.230. The smallest absolute Gasteiger partial charge is 0.406 e. The van der Waals surface area contributed by atoms with E-state index in [0.717, 1.165) is 17.7 Å². The monoisotopic (exact) mass is 281 g/mol. The van der Waals surface area contributed by atoms with Crippen molar-refractivity contribution < 1.29 is 17.9 Å². The van der Waals surface area contributed by atoms with Gasteiger partial charge in [0.25, 0.3) is 0 Å². The zero-order valence-corrected chi connectivity index (χ0v) is 10.9. The molecule has 0 radical (unpaired) electrons. The molecule has 0 atom stereocenters. The van der Waals surface area contributed by atoms with Crippen LogP contribution in [0.4, 0.5) is 24.5 Å². The van der Waals surface area contributed by atoms with Crippen LogP contribution in [0.2, 0.25) is 0 Å². The molecular weight excluding hydrogens is 267 g/mol. The number of alkyl halides is 3. The van der Waals surface area contributed by atoms with Crippen LogP contribution in [0.15, 0.2) is 48.5 Å². The minimum atomic E-state index is -4.66. The first-order chi connectivity index (χ1) is 9.48. The summed E-state index contributed by atoms with van der Waals surface area (Å²) >= 11 is 0. The van der Waals surface area contributed by atoms with Crippen LogP contribution in [-0.2, 0) is 6.42 Å². The molecule has 0 unspecified atom stereocenters. The lowest BCUT2D eigenvalue weighted by Gasteiger charge is -2.12. The maximum atomic E-state index is 12.0. The molecule has 5 heteroatoms. The van der Waals surface area contributed by atoms with Gasteiger partial charge in [-0.1, -0.05) is 25.1 Å². The molecule has 0 heterocycles. The van der Waals surface area contributed by atoms with Crippen LogP contribution in [0.1, 0.15) is 12.5 Å². The van der Waals surface area contributed by atoms with Gasteiger partial charge in [0.2, 0.25) is 0 Å². The van der Waals surface area contributed by atoms with Crippen molar-refractivity contribution in [2.45, 2.75) is 19.7 Å². The van der Waals surface area contributed by atoms with E-state index in [0.29, 0.717) is 5.69 Å². The van der Waals surface area contributed by atoms with E-state index in [9.17, 15) is 13.2 Å². The Bertz CT molecular complexity index is 564. The standard InChI is InChI=1S/C15H14F3NO/c1-2-11-5-3-4-6-14(11)19-12-7-9-13(10-8-12)20-15(16,17)18/h3-10,19H,2H2,1H3. The highest BCUT2D eigenvalue weighted by Gasteiger charge is 2.30. The molecule has 0 aliphatic heterocycles. The van der Waals surface area contributed by atoms with Crippen molar-refractivity contribution in [1.29, 1.82) is 0 Å². The molecule has 0 aliphatic rings. The number of benzene rings is 2. The average molecular weight is 281 g/mol. The summed E-state index contributed by atoms with van der Waals surface area (Å²) in [4.78, 5) is 0. The van der Waals surface area contributed by atoms with Crippen molar-refractivity contribution in [3.8, 4) is 5.75 Å². The fourth-order valence-corrected chi connectivity index (χ4v) is 1.85. The summed E-state index contributed by atoms with van der Waals surface area (Å²) in [6, 6.07) is 13.4. The molecule has 2 rings (SSSR count). The Balaban J connectivity index is 2.11. The first-order valence-electron chi connectivity index (χ1n) is 6.18. The van der Waals surface area contributed by atoms with E-state index >= 15 is 0 Å². The van der Waals surface area contributed by atoms with Crippen LogP contribution < -0.4 is 10.1 Å². The van der Waals surface area contributed by atoms with E-state index in [1.165, 1.54) is 12.1 Å². The maximum absolute atomic E-state index is 12.0. The fraction of sp³-hybridized carbons (Fsp3) is 0.200. The highest BCUT2D eigenvalue weighted by molar-refractivity contribution is 5.63. The summed E-state index contributed by atoms with van der Waals surface area (Å²) in [5, 5.41) is 3.18. The zero-order valence-electron chi connectivity index (χ0n) is 10.9. The van der Waals surface area contributed by atoms with E-state index in [4.69, 9.17) is 0 Å². The van der Waals surface area contributed by atoms with E-state index < -0.39 is 6.36 Å². The first kappa shape index (κ1) is 14.2. The van der Waals surface area contributed by atoms with Crippen molar-refractivity contribution in [2.75, 3.05) is 5.32 Å². The van der Waals surface area contributed by atoms with Gasteiger partial charge in [0, 0.05) is 11.4 Å². The van der Waals surface area contributed by atoms with E-state index in [1.54, 1.807) is 12.1 Å². The molecule has 0 amide bonds. The van der Waals surface area contributed by atoms with Gasteiger partial charge < -0.3 is 10.1 Å². The highest BCUT2D eigenvalue weighted by atomic mass is 19.4. The van der Waals surface area contributed by atoms with Gasteiger partial charge in [-0.25, -0.2) is 0 Å². The molecule has 2 nitrogen and oxygen atoms in total. The Labute approximate surface area is 115 Å². The number of nitrogens with one attached hydrogen (secondary N) is 1. The van der Waals surface area contributed by atoms with E-state index in [-0.39, 0.29) is 5.75 Å². The molecule has 1 N–H and O–H groups in total. The molecule has 0 saturated carbocycles.